The van der Waals surface area contributed by atoms with E-state index in [2.05, 4.69) is 21.9 Å². The van der Waals surface area contributed by atoms with Crippen molar-refractivity contribution in [3.05, 3.63) is 51.5 Å². The predicted molar refractivity (Wildman–Crippen MR) is 123 cm³/mol. The molecule has 2 aliphatic heterocycles. The summed E-state index contributed by atoms with van der Waals surface area (Å²) in [5, 5.41) is 8.98. The molecule has 2 aliphatic rings. The molecule has 4 rings (SSSR count). The summed E-state index contributed by atoms with van der Waals surface area (Å²) in [6.45, 7) is 3.66. The Morgan fingerprint density at radius 2 is 2.03 bits per heavy atom. The van der Waals surface area contributed by atoms with Crippen LogP contribution in [0.2, 0.25) is 0 Å². The number of aromatic nitrogens is 1. The SMILES string of the molecule is Cc1ccc(C(=O)NCCc2cccs2)c(C2CCN(C(=O)C3=NNC(=O)CC3)CC2)n1. The molecule has 0 saturated carbocycles. The van der Waals surface area contributed by atoms with Crippen molar-refractivity contribution >= 4 is 34.8 Å². The van der Waals surface area contributed by atoms with Gasteiger partial charge in [0.1, 0.15) is 5.71 Å². The van der Waals surface area contributed by atoms with Crippen molar-refractivity contribution in [1.29, 1.82) is 0 Å². The fraction of sp³-hybridized carbons (Fsp3) is 0.435. The molecule has 2 N–H and O–H groups in total. The van der Waals surface area contributed by atoms with E-state index in [1.807, 2.05) is 30.5 Å². The maximum Gasteiger partial charge on any atom is 0.270 e. The summed E-state index contributed by atoms with van der Waals surface area (Å²) in [5.41, 5.74) is 5.10. The van der Waals surface area contributed by atoms with E-state index in [1.165, 1.54) is 4.88 Å². The van der Waals surface area contributed by atoms with Crippen molar-refractivity contribution in [1.82, 2.24) is 20.6 Å². The summed E-state index contributed by atoms with van der Waals surface area (Å²) in [7, 11) is 0. The second kappa shape index (κ2) is 10.0. The van der Waals surface area contributed by atoms with E-state index in [1.54, 1.807) is 16.2 Å². The van der Waals surface area contributed by atoms with E-state index >= 15 is 0 Å². The molecule has 1 saturated heterocycles. The highest BCUT2D eigenvalue weighted by atomic mass is 32.1. The number of nitrogens with zero attached hydrogens (tertiary/aromatic N) is 3. The molecule has 0 radical (unpaired) electrons. The summed E-state index contributed by atoms with van der Waals surface area (Å²) in [6.07, 6.45) is 2.94. The van der Waals surface area contributed by atoms with Gasteiger partial charge in [-0.1, -0.05) is 6.07 Å². The average molecular weight is 454 g/mol. The highest BCUT2D eigenvalue weighted by molar-refractivity contribution is 7.09. The van der Waals surface area contributed by atoms with Crippen molar-refractivity contribution in [3.8, 4) is 0 Å². The number of amides is 3. The number of carbonyl (C=O) groups is 3. The first-order valence-electron chi connectivity index (χ1n) is 10.9. The molecule has 0 atom stereocenters. The average Bonchev–Trinajstić information content (AvgIpc) is 3.33. The third-order valence-corrected chi connectivity index (χ3v) is 6.80. The minimum Gasteiger partial charge on any atom is -0.352 e. The van der Waals surface area contributed by atoms with Gasteiger partial charge in [-0.15, -0.1) is 11.3 Å². The van der Waals surface area contributed by atoms with Gasteiger partial charge in [-0.3, -0.25) is 19.4 Å². The Morgan fingerprint density at radius 1 is 1.22 bits per heavy atom. The fourth-order valence-electron chi connectivity index (χ4n) is 4.10. The second-order valence-corrected chi connectivity index (χ2v) is 9.16. The topological polar surface area (TPSA) is 104 Å². The van der Waals surface area contributed by atoms with Crippen LogP contribution in [0, 0.1) is 6.92 Å². The lowest BCUT2D eigenvalue weighted by molar-refractivity contribution is -0.125. The van der Waals surface area contributed by atoms with Crippen molar-refractivity contribution in [3.63, 3.8) is 0 Å². The molecular formula is C23H27N5O3S. The van der Waals surface area contributed by atoms with Crippen LogP contribution < -0.4 is 10.7 Å². The Labute approximate surface area is 191 Å². The van der Waals surface area contributed by atoms with Crippen LogP contribution in [-0.2, 0) is 16.0 Å². The number of carbonyl (C=O) groups excluding carboxylic acids is 3. The lowest BCUT2D eigenvalue weighted by Gasteiger charge is -2.33. The van der Waals surface area contributed by atoms with Gasteiger partial charge in [0.25, 0.3) is 11.8 Å². The van der Waals surface area contributed by atoms with Gasteiger partial charge in [0.15, 0.2) is 0 Å². The van der Waals surface area contributed by atoms with Crippen molar-refractivity contribution in [2.45, 2.75) is 44.9 Å². The van der Waals surface area contributed by atoms with Gasteiger partial charge < -0.3 is 10.2 Å². The molecule has 1 fully saturated rings. The van der Waals surface area contributed by atoms with Crippen LogP contribution >= 0.6 is 11.3 Å². The summed E-state index contributed by atoms with van der Waals surface area (Å²) >= 11 is 1.69. The molecule has 9 heteroatoms. The lowest BCUT2D eigenvalue weighted by atomic mass is 9.89. The second-order valence-electron chi connectivity index (χ2n) is 8.13. The minimum absolute atomic E-state index is 0.102. The Hall–Kier alpha value is -3.07. The maximum absolute atomic E-state index is 12.9. The Bertz CT molecular complexity index is 1030. The normalized spacial score (nSPS) is 17.0. The number of aryl methyl sites for hydroxylation is 1. The van der Waals surface area contributed by atoms with Crippen LogP contribution in [0.4, 0.5) is 0 Å². The van der Waals surface area contributed by atoms with E-state index in [4.69, 9.17) is 4.98 Å². The minimum atomic E-state index is -0.160. The van der Waals surface area contributed by atoms with Gasteiger partial charge in [0, 0.05) is 49.0 Å². The van der Waals surface area contributed by atoms with Crippen LogP contribution in [-0.4, -0.2) is 53.0 Å². The summed E-state index contributed by atoms with van der Waals surface area (Å²) < 4.78 is 0. The number of likely N-dealkylation sites (tertiary alicyclic amines) is 1. The largest absolute Gasteiger partial charge is 0.352 e. The quantitative estimate of drug-likeness (QED) is 0.701. The van der Waals surface area contributed by atoms with Gasteiger partial charge in [-0.2, -0.15) is 5.10 Å². The smallest absolute Gasteiger partial charge is 0.270 e. The van der Waals surface area contributed by atoms with E-state index < -0.39 is 0 Å². The highest BCUT2D eigenvalue weighted by Crippen LogP contribution is 2.30. The molecule has 0 spiro atoms. The molecule has 0 aromatic carbocycles. The molecule has 8 nitrogen and oxygen atoms in total. The number of nitrogens with one attached hydrogen (secondary N) is 2. The van der Waals surface area contributed by atoms with Gasteiger partial charge in [0.05, 0.1) is 11.3 Å². The van der Waals surface area contributed by atoms with Gasteiger partial charge in [-0.05, 0) is 49.8 Å². The summed E-state index contributed by atoms with van der Waals surface area (Å²) in [6, 6.07) is 7.80. The zero-order chi connectivity index (χ0) is 22.5. The third-order valence-electron chi connectivity index (χ3n) is 5.87. The molecule has 4 heterocycles. The number of hydrazone groups is 1. The summed E-state index contributed by atoms with van der Waals surface area (Å²) in [5.74, 6) is -0.265. The van der Waals surface area contributed by atoms with E-state index in [0.29, 0.717) is 43.8 Å². The summed E-state index contributed by atoms with van der Waals surface area (Å²) in [4.78, 5) is 44.6. The van der Waals surface area contributed by atoms with Crippen molar-refractivity contribution < 1.29 is 14.4 Å². The standard InChI is InChI=1S/C23H27N5O3S/c1-15-4-5-18(22(30)24-11-8-17-3-2-14-32-17)21(25-15)16-9-12-28(13-10-16)23(31)19-6-7-20(29)27-26-19/h2-5,14,16H,6-13H2,1H3,(H,24,30)(H,27,29). The molecule has 168 valence electrons. The lowest BCUT2D eigenvalue weighted by Crippen LogP contribution is -2.44. The van der Waals surface area contributed by atoms with E-state index in [0.717, 1.165) is 30.7 Å². The zero-order valence-electron chi connectivity index (χ0n) is 18.1. The molecule has 0 bridgehead atoms. The van der Waals surface area contributed by atoms with E-state index in [-0.39, 0.29) is 23.6 Å². The Kier molecular flexibility index (Phi) is 6.94. The van der Waals surface area contributed by atoms with Crippen LogP contribution in [0.15, 0.2) is 34.7 Å². The molecular weight excluding hydrogens is 426 g/mol. The van der Waals surface area contributed by atoms with Crippen LogP contribution in [0.25, 0.3) is 0 Å². The van der Waals surface area contributed by atoms with Crippen molar-refractivity contribution in [2.24, 2.45) is 5.10 Å². The zero-order valence-corrected chi connectivity index (χ0v) is 18.9. The molecule has 2 aromatic heterocycles. The van der Waals surface area contributed by atoms with Crippen LogP contribution in [0.3, 0.4) is 0 Å². The Morgan fingerprint density at radius 3 is 2.72 bits per heavy atom. The number of pyridine rings is 1. The first-order chi connectivity index (χ1) is 15.5. The predicted octanol–water partition coefficient (Wildman–Crippen LogP) is 2.40. The number of thiophene rings is 1. The molecule has 0 aliphatic carbocycles. The maximum atomic E-state index is 12.9. The number of piperidine rings is 1. The first kappa shape index (κ1) is 22.1. The van der Waals surface area contributed by atoms with Crippen molar-refractivity contribution in [2.75, 3.05) is 19.6 Å². The van der Waals surface area contributed by atoms with Crippen LogP contribution in [0.1, 0.15) is 58.2 Å². The Balaban J connectivity index is 1.38. The first-order valence-corrected chi connectivity index (χ1v) is 11.8. The fourth-order valence-corrected chi connectivity index (χ4v) is 4.81. The van der Waals surface area contributed by atoms with Gasteiger partial charge >= 0.3 is 0 Å². The number of hydrogen-bond donors (Lipinski definition) is 2. The van der Waals surface area contributed by atoms with E-state index in [9.17, 15) is 14.4 Å². The van der Waals surface area contributed by atoms with Gasteiger partial charge in [0.2, 0.25) is 5.91 Å². The molecule has 2 aromatic rings. The van der Waals surface area contributed by atoms with Gasteiger partial charge in [-0.25, -0.2) is 5.43 Å². The monoisotopic (exact) mass is 453 g/mol. The highest BCUT2D eigenvalue weighted by Gasteiger charge is 2.30. The third kappa shape index (κ3) is 5.21. The van der Waals surface area contributed by atoms with Crippen LogP contribution in [0.5, 0.6) is 0 Å². The molecule has 0 unspecified atom stereocenters. The number of rotatable bonds is 6. The molecule has 3 amide bonds. The number of hydrogen-bond acceptors (Lipinski definition) is 6. The molecule has 32 heavy (non-hydrogen) atoms.